The minimum Gasteiger partial charge on any atom is -0.454 e. The van der Waals surface area contributed by atoms with Gasteiger partial charge in [0.15, 0.2) is 5.82 Å². The van der Waals surface area contributed by atoms with E-state index in [-0.39, 0.29) is 18.0 Å². The van der Waals surface area contributed by atoms with Gasteiger partial charge in [0.2, 0.25) is 5.95 Å². The summed E-state index contributed by atoms with van der Waals surface area (Å²) in [6.45, 7) is 2.07. The van der Waals surface area contributed by atoms with E-state index >= 15 is 0 Å². The molecule has 1 aliphatic carbocycles. The number of nitrogens with one attached hydrogen (secondary N) is 3. The number of benzene rings is 2. The Bertz CT molecular complexity index is 1470. The van der Waals surface area contributed by atoms with Crippen LogP contribution in [0.15, 0.2) is 78.5 Å². The number of anilines is 3. The Morgan fingerprint density at radius 2 is 1.91 bits per heavy atom. The van der Waals surface area contributed by atoms with Gasteiger partial charge < -0.3 is 15.4 Å². The molecular weight excluding hydrogens is 428 g/mol. The predicted molar refractivity (Wildman–Crippen MR) is 130 cm³/mol. The van der Waals surface area contributed by atoms with Crippen LogP contribution in [0.4, 0.5) is 17.6 Å². The molecule has 2 aliphatic rings. The van der Waals surface area contributed by atoms with Crippen molar-refractivity contribution < 1.29 is 9.53 Å². The van der Waals surface area contributed by atoms with Crippen molar-refractivity contribution in [1.82, 2.24) is 20.2 Å². The molecule has 0 amide bonds. The van der Waals surface area contributed by atoms with Crippen LogP contribution >= 0.6 is 0 Å². The van der Waals surface area contributed by atoms with Crippen molar-refractivity contribution in [2.45, 2.75) is 25.4 Å². The molecule has 2 unspecified atom stereocenters. The Hall–Kier alpha value is -4.46. The quantitative estimate of drug-likeness (QED) is 0.373. The van der Waals surface area contributed by atoms with Gasteiger partial charge in [-0.05, 0) is 48.4 Å². The molecule has 4 aromatic rings. The zero-order valence-corrected chi connectivity index (χ0v) is 18.4. The van der Waals surface area contributed by atoms with Crippen LogP contribution in [0.5, 0.6) is 0 Å². The van der Waals surface area contributed by atoms with E-state index in [0.717, 1.165) is 34.3 Å². The topological polar surface area (TPSA) is 105 Å². The summed E-state index contributed by atoms with van der Waals surface area (Å²) in [5.41, 5.74) is 4.25. The predicted octanol–water partition coefficient (Wildman–Crippen LogP) is 4.85. The Balaban J connectivity index is 1.34. The molecule has 2 aromatic carbocycles. The summed E-state index contributed by atoms with van der Waals surface area (Å²) in [6.07, 6.45) is 6.40. The standard InChI is InChI=1S/C26H22N6O2/c1-2-15-14-23(32-31-15)29-24-19-9-5-6-10-21(19)28-26(30-24)27-16-11-12-22-20(13-16)17-7-3-4-8-18(17)25(33)34-22/h3-14,20,22H,2H2,1H3,(H3,27,28,29,30,31,32). The molecule has 0 bridgehead atoms. The maximum atomic E-state index is 12.3. The van der Waals surface area contributed by atoms with Crippen molar-refractivity contribution in [1.29, 1.82) is 0 Å². The Labute approximate surface area is 195 Å². The molecule has 0 fully saturated rings. The minimum absolute atomic E-state index is 0.0732. The first kappa shape index (κ1) is 20.2. The van der Waals surface area contributed by atoms with E-state index in [0.29, 0.717) is 23.1 Å². The SMILES string of the molecule is CCc1cc(Nc2nc(NC3=CC4c5ccccc5C(=O)OC4C=C3)nc3ccccc23)n[nH]1. The molecule has 34 heavy (non-hydrogen) atoms. The van der Waals surface area contributed by atoms with Gasteiger partial charge in [-0.2, -0.15) is 10.1 Å². The fraction of sp³-hybridized carbons (Fsp3) is 0.154. The Morgan fingerprint density at radius 3 is 2.79 bits per heavy atom. The monoisotopic (exact) mass is 450 g/mol. The van der Waals surface area contributed by atoms with Crippen LogP contribution in [0.3, 0.4) is 0 Å². The number of aromatic amines is 1. The number of allylic oxidation sites excluding steroid dienone is 1. The van der Waals surface area contributed by atoms with Gasteiger partial charge in [-0.3, -0.25) is 5.10 Å². The molecular formula is C26H22N6O2. The molecule has 2 atom stereocenters. The third kappa shape index (κ3) is 3.59. The van der Waals surface area contributed by atoms with E-state index in [2.05, 4.69) is 33.8 Å². The van der Waals surface area contributed by atoms with Crippen LogP contribution in [0.1, 0.15) is 34.5 Å². The average molecular weight is 451 g/mol. The van der Waals surface area contributed by atoms with Gasteiger partial charge in [-0.15, -0.1) is 0 Å². The van der Waals surface area contributed by atoms with E-state index in [1.807, 2.05) is 60.7 Å². The number of para-hydroxylation sites is 1. The first-order chi connectivity index (χ1) is 16.7. The Kier molecular flexibility index (Phi) is 4.83. The van der Waals surface area contributed by atoms with Gasteiger partial charge in [0, 0.05) is 28.8 Å². The molecule has 8 nitrogen and oxygen atoms in total. The van der Waals surface area contributed by atoms with E-state index in [4.69, 9.17) is 14.7 Å². The third-order valence-corrected chi connectivity index (χ3v) is 6.08. The number of aromatic nitrogens is 4. The summed E-state index contributed by atoms with van der Waals surface area (Å²) in [6, 6.07) is 17.4. The number of rotatable bonds is 5. The van der Waals surface area contributed by atoms with Crippen molar-refractivity contribution in [3.8, 4) is 0 Å². The normalized spacial score (nSPS) is 18.6. The first-order valence-electron chi connectivity index (χ1n) is 11.2. The van der Waals surface area contributed by atoms with Crippen LogP contribution < -0.4 is 10.6 Å². The van der Waals surface area contributed by atoms with Gasteiger partial charge in [-0.1, -0.05) is 37.3 Å². The molecule has 1 aliphatic heterocycles. The fourth-order valence-electron chi connectivity index (χ4n) is 4.37. The lowest BCUT2D eigenvalue weighted by atomic mass is 9.84. The summed E-state index contributed by atoms with van der Waals surface area (Å²) >= 11 is 0. The number of aryl methyl sites for hydroxylation is 1. The number of hydrogen-bond donors (Lipinski definition) is 3. The Morgan fingerprint density at radius 1 is 1.06 bits per heavy atom. The molecule has 6 rings (SSSR count). The molecule has 0 radical (unpaired) electrons. The highest BCUT2D eigenvalue weighted by Crippen LogP contribution is 2.36. The highest BCUT2D eigenvalue weighted by molar-refractivity contribution is 5.93. The second-order valence-electron chi connectivity index (χ2n) is 8.26. The van der Waals surface area contributed by atoms with Crippen LogP contribution in [0.2, 0.25) is 0 Å². The minimum atomic E-state index is -0.324. The van der Waals surface area contributed by atoms with E-state index in [1.165, 1.54) is 0 Å². The second kappa shape index (κ2) is 8.15. The number of carbonyl (C=O) groups excluding carboxylic acids is 1. The number of carbonyl (C=O) groups is 1. The van der Waals surface area contributed by atoms with Crippen molar-refractivity contribution in [3.63, 3.8) is 0 Å². The van der Waals surface area contributed by atoms with Crippen molar-refractivity contribution >= 4 is 34.5 Å². The molecule has 8 heteroatoms. The molecule has 2 aromatic heterocycles. The lowest BCUT2D eigenvalue weighted by Crippen LogP contribution is -2.31. The summed E-state index contributed by atoms with van der Waals surface area (Å²) in [7, 11) is 0. The zero-order valence-electron chi connectivity index (χ0n) is 18.4. The molecule has 3 heterocycles. The first-order valence-corrected chi connectivity index (χ1v) is 11.2. The maximum absolute atomic E-state index is 12.3. The summed E-state index contributed by atoms with van der Waals surface area (Å²) in [4.78, 5) is 21.8. The lowest BCUT2D eigenvalue weighted by molar-refractivity contribution is 0.0323. The highest BCUT2D eigenvalue weighted by Gasteiger charge is 2.34. The largest absolute Gasteiger partial charge is 0.454 e. The maximum Gasteiger partial charge on any atom is 0.339 e. The van der Waals surface area contributed by atoms with Gasteiger partial charge in [0.05, 0.1) is 11.1 Å². The fourth-order valence-corrected chi connectivity index (χ4v) is 4.37. The van der Waals surface area contributed by atoms with Gasteiger partial charge >= 0.3 is 5.97 Å². The van der Waals surface area contributed by atoms with Crippen LogP contribution in [-0.4, -0.2) is 32.2 Å². The number of nitrogens with zero attached hydrogens (tertiary/aromatic N) is 3. The number of esters is 1. The van der Waals surface area contributed by atoms with Gasteiger partial charge in [0.25, 0.3) is 0 Å². The van der Waals surface area contributed by atoms with Gasteiger partial charge in [0.1, 0.15) is 11.9 Å². The summed E-state index contributed by atoms with van der Waals surface area (Å²) in [5.74, 6) is 1.47. The third-order valence-electron chi connectivity index (χ3n) is 6.08. The van der Waals surface area contributed by atoms with Crippen LogP contribution in [-0.2, 0) is 11.2 Å². The average Bonchev–Trinajstić information content (AvgIpc) is 3.32. The molecule has 0 saturated heterocycles. The molecule has 0 saturated carbocycles. The number of hydrogen-bond acceptors (Lipinski definition) is 7. The lowest BCUT2D eigenvalue weighted by Gasteiger charge is -2.32. The molecule has 0 spiro atoms. The number of fused-ring (bicyclic) bond motifs is 4. The second-order valence-corrected chi connectivity index (χ2v) is 8.26. The molecule has 3 N–H and O–H groups in total. The zero-order chi connectivity index (χ0) is 23.1. The van der Waals surface area contributed by atoms with Crippen LogP contribution in [0.25, 0.3) is 10.9 Å². The van der Waals surface area contributed by atoms with Crippen molar-refractivity contribution in [2.24, 2.45) is 0 Å². The van der Waals surface area contributed by atoms with E-state index in [1.54, 1.807) is 6.07 Å². The van der Waals surface area contributed by atoms with E-state index < -0.39 is 0 Å². The number of ether oxygens (including phenoxy) is 1. The van der Waals surface area contributed by atoms with Crippen LogP contribution in [0, 0.1) is 0 Å². The number of H-pyrrole nitrogens is 1. The molecule has 168 valence electrons. The smallest absolute Gasteiger partial charge is 0.339 e. The summed E-state index contributed by atoms with van der Waals surface area (Å²) in [5, 5.41) is 14.9. The van der Waals surface area contributed by atoms with Crippen molar-refractivity contribution in [2.75, 3.05) is 10.6 Å². The highest BCUT2D eigenvalue weighted by atomic mass is 16.5. The van der Waals surface area contributed by atoms with E-state index in [9.17, 15) is 4.79 Å². The van der Waals surface area contributed by atoms with Crippen molar-refractivity contribution in [3.05, 3.63) is 95.3 Å². The summed E-state index contributed by atoms with van der Waals surface area (Å²) < 4.78 is 5.62. The van der Waals surface area contributed by atoms with Gasteiger partial charge in [-0.25, -0.2) is 9.78 Å².